The lowest BCUT2D eigenvalue weighted by atomic mass is 10.1. The molecule has 152 valence electrons. The number of carbonyl (C=O) groups excluding carboxylic acids is 1. The predicted molar refractivity (Wildman–Crippen MR) is 98.8 cm³/mol. The van der Waals surface area contributed by atoms with E-state index in [9.17, 15) is 22.0 Å². The summed E-state index contributed by atoms with van der Waals surface area (Å²) < 4.78 is 53.7. The molecule has 2 aromatic rings. The number of carbonyl (C=O) groups is 1. The van der Waals surface area contributed by atoms with Gasteiger partial charge in [-0.2, -0.15) is 8.78 Å². The van der Waals surface area contributed by atoms with Crippen molar-refractivity contribution in [3.05, 3.63) is 54.0 Å². The van der Waals surface area contributed by atoms with E-state index in [1.807, 2.05) is 6.07 Å². The maximum atomic E-state index is 12.6. The van der Waals surface area contributed by atoms with E-state index in [4.69, 9.17) is 4.42 Å². The highest BCUT2D eigenvalue weighted by Crippen LogP contribution is 2.25. The molecule has 0 spiro atoms. The number of sulfone groups is 1. The summed E-state index contributed by atoms with van der Waals surface area (Å²) in [4.78, 5) is 14.2. The number of alkyl halides is 2. The van der Waals surface area contributed by atoms with Gasteiger partial charge in [0.1, 0.15) is 5.76 Å². The van der Waals surface area contributed by atoms with Gasteiger partial charge in [-0.05, 0) is 62.3 Å². The van der Waals surface area contributed by atoms with Gasteiger partial charge < -0.3 is 9.73 Å². The van der Waals surface area contributed by atoms with Crippen molar-refractivity contribution in [1.29, 1.82) is 0 Å². The molecular weight excluding hydrogens is 390 g/mol. The smallest absolute Gasteiger partial charge is 0.341 e. The molecule has 3 rings (SSSR count). The highest BCUT2D eigenvalue weighted by Gasteiger charge is 2.27. The first-order valence-corrected chi connectivity index (χ1v) is 10.6. The number of benzene rings is 1. The SMILES string of the molecule is O=C(NC[C@H](c1ccco1)N1CCCCC1)c1ccc(S(=O)(=O)C(F)F)cc1. The molecule has 1 aliphatic heterocycles. The van der Waals surface area contributed by atoms with Crippen LogP contribution in [-0.2, 0) is 9.84 Å². The van der Waals surface area contributed by atoms with E-state index in [1.54, 1.807) is 12.3 Å². The minimum Gasteiger partial charge on any atom is -0.468 e. The summed E-state index contributed by atoms with van der Waals surface area (Å²) in [5, 5.41) is 2.83. The van der Waals surface area contributed by atoms with Crippen LogP contribution in [0.1, 0.15) is 41.4 Å². The maximum absolute atomic E-state index is 12.6. The van der Waals surface area contributed by atoms with Crippen LogP contribution in [0.3, 0.4) is 0 Å². The lowest BCUT2D eigenvalue weighted by Crippen LogP contribution is -2.40. The van der Waals surface area contributed by atoms with Crippen LogP contribution in [0, 0.1) is 0 Å². The monoisotopic (exact) mass is 412 g/mol. The van der Waals surface area contributed by atoms with E-state index in [-0.39, 0.29) is 11.6 Å². The van der Waals surface area contributed by atoms with Crippen molar-refractivity contribution in [3.63, 3.8) is 0 Å². The Labute approximate surface area is 162 Å². The first-order valence-electron chi connectivity index (χ1n) is 9.07. The molecule has 1 atom stereocenters. The molecule has 2 heterocycles. The zero-order valence-corrected chi connectivity index (χ0v) is 16.0. The molecule has 1 N–H and O–H groups in total. The fraction of sp³-hybridized carbons (Fsp3) is 0.421. The molecule has 28 heavy (non-hydrogen) atoms. The number of likely N-dealkylation sites (tertiary alicyclic amines) is 1. The lowest BCUT2D eigenvalue weighted by Gasteiger charge is -2.33. The van der Waals surface area contributed by atoms with E-state index < -0.39 is 26.4 Å². The third kappa shape index (κ3) is 4.59. The largest absolute Gasteiger partial charge is 0.468 e. The average molecular weight is 412 g/mol. The predicted octanol–water partition coefficient (Wildman–Crippen LogP) is 3.23. The van der Waals surface area contributed by atoms with E-state index in [0.717, 1.165) is 43.8 Å². The van der Waals surface area contributed by atoms with Crippen molar-refractivity contribution < 1.29 is 26.4 Å². The van der Waals surface area contributed by atoms with Crippen LogP contribution in [0.4, 0.5) is 8.78 Å². The van der Waals surface area contributed by atoms with Gasteiger partial charge in [-0.1, -0.05) is 6.42 Å². The molecule has 0 saturated carbocycles. The zero-order chi connectivity index (χ0) is 20.1. The standard InChI is InChI=1S/C19H22F2N2O4S/c20-19(21)28(25,26)15-8-6-14(7-9-15)18(24)22-13-16(17-5-4-12-27-17)23-10-2-1-3-11-23/h4-9,12,16,19H,1-3,10-11,13H2,(H,22,24)/t16-/m1/s1. The number of amides is 1. The first kappa shape index (κ1) is 20.5. The minimum atomic E-state index is -4.67. The van der Waals surface area contributed by atoms with Gasteiger partial charge in [0.2, 0.25) is 9.84 Å². The van der Waals surface area contributed by atoms with Crippen molar-refractivity contribution in [1.82, 2.24) is 10.2 Å². The quantitative estimate of drug-likeness (QED) is 0.755. The third-order valence-electron chi connectivity index (χ3n) is 4.84. The van der Waals surface area contributed by atoms with E-state index in [2.05, 4.69) is 10.2 Å². The molecule has 9 heteroatoms. The summed E-state index contributed by atoms with van der Waals surface area (Å²) in [5.41, 5.74) is 0.199. The van der Waals surface area contributed by atoms with Gasteiger partial charge in [0.05, 0.1) is 17.2 Å². The minimum absolute atomic E-state index is 0.0993. The number of nitrogens with zero attached hydrogens (tertiary/aromatic N) is 1. The average Bonchev–Trinajstić information content (AvgIpc) is 3.23. The Morgan fingerprint density at radius 1 is 1.11 bits per heavy atom. The Morgan fingerprint density at radius 2 is 1.79 bits per heavy atom. The molecule has 1 aromatic carbocycles. The third-order valence-corrected chi connectivity index (χ3v) is 6.24. The van der Waals surface area contributed by atoms with Crippen molar-refractivity contribution in [2.24, 2.45) is 0 Å². The van der Waals surface area contributed by atoms with E-state index >= 15 is 0 Å². The molecule has 1 fully saturated rings. The first-order chi connectivity index (χ1) is 13.4. The van der Waals surface area contributed by atoms with Gasteiger partial charge in [-0.25, -0.2) is 8.42 Å². The lowest BCUT2D eigenvalue weighted by molar-refractivity contribution is 0.0914. The summed E-state index contributed by atoms with van der Waals surface area (Å²) in [7, 11) is -4.67. The molecular formula is C19H22F2N2O4S. The van der Waals surface area contributed by atoms with Gasteiger partial charge in [0, 0.05) is 12.1 Å². The second-order valence-corrected chi connectivity index (χ2v) is 8.59. The number of halogens is 2. The summed E-state index contributed by atoms with van der Waals surface area (Å²) in [5.74, 6) is -3.14. The molecule has 0 radical (unpaired) electrons. The number of furan rings is 1. The zero-order valence-electron chi connectivity index (χ0n) is 15.2. The molecule has 0 aliphatic carbocycles. The second-order valence-electron chi connectivity index (χ2n) is 6.67. The summed E-state index contributed by atoms with van der Waals surface area (Å²) in [6.45, 7) is 2.16. The van der Waals surface area contributed by atoms with Gasteiger partial charge in [0.15, 0.2) is 0 Å². The number of hydrogen-bond acceptors (Lipinski definition) is 5. The maximum Gasteiger partial charge on any atom is 0.341 e. The summed E-state index contributed by atoms with van der Waals surface area (Å²) in [6, 6.07) is 8.07. The van der Waals surface area contributed by atoms with E-state index in [0.29, 0.717) is 6.54 Å². The van der Waals surface area contributed by atoms with E-state index in [1.165, 1.54) is 18.6 Å². The van der Waals surface area contributed by atoms with Crippen LogP contribution in [0.2, 0.25) is 0 Å². The van der Waals surface area contributed by atoms with Crippen LogP contribution in [0.15, 0.2) is 52.0 Å². The van der Waals surface area contributed by atoms with Gasteiger partial charge in [-0.3, -0.25) is 9.69 Å². The molecule has 1 aromatic heterocycles. The normalized spacial score (nSPS) is 16.8. The number of piperidine rings is 1. The van der Waals surface area contributed by atoms with Crippen LogP contribution in [-0.4, -0.2) is 44.6 Å². The van der Waals surface area contributed by atoms with Crippen LogP contribution in [0.25, 0.3) is 0 Å². The molecule has 0 bridgehead atoms. The number of rotatable bonds is 7. The molecule has 1 aliphatic rings. The second kappa shape index (κ2) is 8.83. The van der Waals surface area contributed by atoms with Crippen molar-refractivity contribution in [2.45, 2.75) is 36.0 Å². The molecule has 6 nitrogen and oxygen atoms in total. The number of hydrogen-bond donors (Lipinski definition) is 1. The van der Waals surface area contributed by atoms with Gasteiger partial charge in [0.25, 0.3) is 5.91 Å². The van der Waals surface area contributed by atoms with Crippen molar-refractivity contribution in [2.75, 3.05) is 19.6 Å². The molecule has 0 unspecified atom stereocenters. The Morgan fingerprint density at radius 3 is 2.36 bits per heavy atom. The highest BCUT2D eigenvalue weighted by atomic mass is 32.2. The van der Waals surface area contributed by atoms with Gasteiger partial charge in [-0.15, -0.1) is 0 Å². The van der Waals surface area contributed by atoms with Crippen LogP contribution >= 0.6 is 0 Å². The van der Waals surface area contributed by atoms with Crippen LogP contribution < -0.4 is 5.32 Å². The fourth-order valence-corrected chi connectivity index (χ4v) is 4.03. The van der Waals surface area contributed by atoms with Crippen molar-refractivity contribution >= 4 is 15.7 Å². The summed E-state index contributed by atoms with van der Waals surface area (Å²) in [6.07, 6.45) is 4.95. The Kier molecular flexibility index (Phi) is 6.46. The Bertz CT molecular complexity index is 877. The fourth-order valence-electron chi connectivity index (χ4n) is 3.31. The number of nitrogens with one attached hydrogen (secondary N) is 1. The molecule has 1 amide bonds. The van der Waals surface area contributed by atoms with Gasteiger partial charge >= 0.3 is 5.76 Å². The van der Waals surface area contributed by atoms with Crippen LogP contribution in [0.5, 0.6) is 0 Å². The topological polar surface area (TPSA) is 79.6 Å². The summed E-state index contributed by atoms with van der Waals surface area (Å²) >= 11 is 0. The van der Waals surface area contributed by atoms with Crippen molar-refractivity contribution in [3.8, 4) is 0 Å². The molecule has 1 saturated heterocycles. The highest BCUT2D eigenvalue weighted by molar-refractivity contribution is 7.91. The Balaban J connectivity index is 1.67. The Hall–Kier alpha value is -2.26.